The molecular formula is C21H22N3O+. The highest BCUT2D eigenvalue weighted by molar-refractivity contribution is 6.07. The summed E-state index contributed by atoms with van der Waals surface area (Å²) >= 11 is 0. The van der Waals surface area contributed by atoms with Gasteiger partial charge in [-0.05, 0) is 29.0 Å². The van der Waals surface area contributed by atoms with Crippen LogP contribution in [0.5, 0.6) is 0 Å². The average molecular weight is 332 g/mol. The molecule has 1 saturated heterocycles. The van der Waals surface area contributed by atoms with Crippen LogP contribution in [-0.2, 0) is 6.54 Å². The maximum atomic E-state index is 13.0. The minimum Gasteiger partial charge on any atom is -0.327 e. The lowest BCUT2D eigenvalue weighted by molar-refractivity contribution is -0.917. The number of carbonyl (C=O) groups excluding carboxylic acids is 1. The highest BCUT2D eigenvalue weighted by Gasteiger charge is 2.25. The summed E-state index contributed by atoms with van der Waals surface area (Å²) in [6, 6.07) is 20.1. The van der Waals surface area contributed by atoms with E-state index in [0.29, 0.717) is 0 Å². The van der Waals surface area contributed by atoms with Crippen molar-refractivity contribution in [1.82, 2.24) is 9.88 Å². The molecule has 1 aliphatic heterocycles. The van der Waals surface area contributed by atoms with E-state index in [0.717, 1.165) is 54.8 Å². The van der Waals surface area contributed by atoms with Gasteiger partial charge >= 0.3 is 0 Å². The van der Waals surface area contributed by atoms with Crippen LogP contribution in [-0.4, -0.2) is 42.0 Å². The molecule has 0 radical (unpaired) electrons. The van der Waals surface area contributed by atoms with Crippen molar-refractivity contribution < 1.29 is 9.69 Å². The van der Waals surface area contributed by atoms with Crippen LogP contribution >= 0.6 is 0 Å². The molecule has 4 rings (SSSR count). The summed E-state index contributed by atoms with van der Waals surface area (Å²) in [5, 5.41) is 2.16. The molecule has 2 aromatic carbocycles. The van der Waals surface area contributed by atoms with Crippen LogP contribution in [0.4, 0.5) is 0 Å². The number of piperazine rings is 1. The molecule has 1 aromatic heterocycles. The molecule has 0 aliphatic carbocycles. The zero-order chi connectivity index (χ0) is 17.1. The highest BCUT2D eigenvalue weighted by atomic mass is 16.2. The first kappa shape index (κ1) is 15.8. The monoisotopic (exact) mass is 332 g/mol. The third kappa shape index (κ3) is 3.39. The lowest BCUT2D eigenvalue weighted by atomic mass is 10.0. The Balaban J connectivity index is 1.44. The summed E-state index contributed by atoms with van der Waals surface area (Å²) in [5.74, 6) is 0.147. The fourth-order valence-corrected chi connectivity index (χ4v) is 3.54. The number of hydrogen-bond acceptors (Lipinski definition) is 2. The molecule has 4 heteroatoms. The topological polar surface area (TPSA) is 37.6 Å². The van der Waals surface area contributed by atoms with Gasteiger partial charge in [0.1, 0.15) is 6.54 Å². The minimum absolute atomic E-state index is 0.147. The number of carbonyl (C=O) groups is 1. The van der Waals surface area contributed by atoms with Crippen molar-refractivity contribution in [2.24, 2.45) is 0 Å². The van der Waals surface area contributed by atoms with Crippen molar-refractivity contribution >= 4 is 16.7 Å². The molecule has 2 heterocycles. The molecule has 3 aromatic rings. The van der Waals surface area contributed by atoms with Gasteiger partial charge in [-0.2, -0.15) is 0 Å². The number of hydrogen-bond donors (Lipinski definition) is 1. The molecule has 0 unspecified atom stereocenters. The first-order valence-corrected chi connectivity index (χ1v) is 8.82. The molecule has 1 N–H and O–H groups in total. The van der Waals surface area contributed by atoms with E-state index < -0.39 is 0 Å². The van der Waals surface area contributed by atoms with Crippen LogP contribution in [0.1, 0.15) is 16.1 Å². The Kier molecular flexibility index (Phi) is 4.44. The number of benzene rings is 2. The van der Waals surface area contributed by atoms with Gasteiger partial charge in [0.2, 0.25) is 0 Å². The Bertz CT molecular complexity index is 865. The zero-order valence-corrected chi connectivity index (χ0v) is 14.2. The number of aromatic nitrogens is 1. The van der Waals surface area contributed by atoms with Crippen LogP contribution in [0.15, 0.2) is 66.9 Å². The molecule has 25 heavy (non-hydrogen) atoms. The Labute approximate surface area is 147 Å². The molecule has 0 saturated carbocycles. The molecule has 1 aliphatic rings. The van der Waals surface area contributed by atoms with Crippen molar-refractivity contribution in [2.75, 3.05) is 26.2 Å². The smallest absolute Gasteiger partial charge is 0.254 e. The minimum atomic E-state index is 0.147. The third-order valence-corrected chi connectivity index (χ3v) is 4.94. The molecule has 0 atom stereocenters. The predicted octanol–water partition coefficient (Wildman–Crippen LogP) is 1.78. The van der Waals surface area contributed by atoms with Crippen molar-refractivity contribution in [2.45, 2.75) is 6.54 Å². The van der Waals surface area contributed by atoms with E-state index in [-0.39, 0.29) is 5.91 Å². The van der Waals surface area contributed by atoms with Crippen LogP contribution < -0.4 is 4.90 Å². The highest BCUT2D eigenvalue weighted by Crippen LogP contribution is 2.20. The fourth-order valence-electron chi connectivity index (χ4n) is 3.54. The lowest BCUT2D eigenvalue weighted by Crippen LogP contribution is -3.13. The van der Waals surface area contributed by atoms with Gasteiger partial charge in [0.25, 0.3) is 5.91 Å². The van der Waals surface area contributed by atoms with Crippen molar-refractivity contribution in [3.8, 4) is 0 Å². The first-order chi connectivity index (χ1) is 12.3. The van der Waals surface area contributed by atoms with Gasteiger partial charge in [0.05, 0.1) is 31.9 Å². The Morgan fingerprint density at radius 1 is 0.960 bits per heavy atom. The van der Waals surface area contributed by atoms with Crippen LogP contribution in [0.25, 0.3) is 10.8 Å². The molecule has 1 amide bonds. The second-order valence-electron chi connectivity index (χ2n) is 6.57. The average Bonchev–Trinajstić information content (AvgIpc) is 2.68. The molecule has 0 bridgehead atoms. The molecular weight excluding hydrogens is 310 g/mol. The van der Waals surface area contributed by atoms with Gasteiger partial charge in [0, 0.05) is 11.8 Å². The van der Waals surface area contributed by atoms with Gasteiger partial charge in [0.15, 0.2) is 0 Å². The largest absolute Gasteiger partial charge is 0.327 e. The number of quaternary nitrogens is 1. The maximum absolute atomic E-state index is 13.0. The summed E-state index contributed by atoms with van der Waals surface area (Å²) in [4.78, 5) is 20.9. The normalized spacial score (nSPS) is 15.4. The van der Waals surface area contributed by atoms with E-state index in [4.69, 9.17) is 0 Å². The SMILES string of the molecule is O=C(c1cccc2ccccc12)N1CC[NH+](Cc2ccccn2)CC1. The van der Waals surface area contributed by atoms with Crippen molar-refractivity contribution in [3.05, 3.63) is 78.1 Å². The van der Waals surface area contributed by atoms with E-state index in [9.17, 15) is 4.79 Å². The summed E-state index contributed by atoms with van der Waals surface area (Å²) in [6.45, 7) is 4.45. The molecule has 0 spiro atoms. The number of nitrogens with one attached hydrogen (secondary N) is 1. The van der Waals surface area contributed by atoms with Gasteiger partial charge < -0.3 is 9.80 Å². The van der Waals surface area contributed by atoms with E-state index in [2.05, 4.69) is 23.2 Å². The second kappa shape index (κ2) is 7.03. The third-order valence-electron chi connectivity index (χ3n) is 4.94. The number of amides is 1. The predicted molar refractivity (Wildman–Crippen MR) is 98.5 cm³/mol. The number of nitrogens with zero attached hydrogens (tertiary/aromatic N) is 2. The number of pyridine rings is 1. The van der Waals surface area contributed by atoms with Gasteiger partial charge in [-0.25, -0.2) is 0 Å². The maximum Gasteiger partial charge on any atom is 0.254 e. The van der Waals surface area contributed by atoms with Gasteiger partial charge in [-0.3, -0.25) is 9.78 Å². The summed E-state index contributed by atoms with van der Waals surface area (Å²) in [7, 11) is 0. The Morgan fingerprint density at radius 2 is 1.72 bits per heavy atom. The fraction of sp³-hybridized carbons (Fsp3) is 0.238. The van der Waals surface area contributed by atoms with Crippen LogP contribution in [0, 0.1) is 0 Å². The summed E-state index contributed by atoms with van der Waals surface area (Å²) < 4.78 is 0. The van der Waals surface area contributed by atoms with Crippen LogP contribution in [0.3, 0.4) is 0 Å². The molecule has 4 nitrogen and oxygen atoms in total. The van der Waals surface area contributed by atoms with E-state index in [1.54, 1.807) is 0 Å². The summed E-state index contributed by atoms with van der Waals surface area (Å²) in [6.07, 6.45) is 1.84. The lowest BCUT2D eigenvalue weighted by Gasteiger charge is -2.32. The van der Waals surface area contributed by atoms with Gasteiger partial charge in [-0.15, -0.1) is 0 Å². The second-order valence-corrected chi connectivity index (χ2v) is 6.57. The van der Waals surface area contributed by atoms with E-state index in [1.807, 2.05) is 53.6 Å². The Hall–Kier alpha value is -2.72. The first-order valence-electron chi connectivity index (χ1n) is 8.82. The molecule has 1 fully saturated rings. The number of fused-ring (bicyclic) bond motifs is 1. The number of rotatable bonds is 3. The van der Waals surface area contributed by atoms with E-state index in [1.165, 1.54) is 4.90 Å². The summed E-state index contributed by atoms with van der Waals surface area (Å²) in [5.41, 5.74) is 1.93. The Morgan fingerprint density at radius 3 is 2.52 bits per heavy atom. The zero-order valence-electron chi connectivity index (χ0n) is 14.2. The van der Waals surface area contributed by atoms with E-state index >= 15 is 0 Å². The quantitative estimate of drug-likeness (QED) is 0.794. The van der Waals surface area contributed by atoms with Crippen molar-refractivity contribution in [1.29, 1.82) is 0 Å². The molecule has 126 valence electrons. The standard InChI is InChI=1S/C21H21N3O/c25-21(20-10-5-7-17-6-1-2-9-19(17)20)24-14-12-23(13-15-24)16-18-8-3-4-11-22-18/h1-11H,12-16H2/p+1. The van der Waals surface area contributed by atoms with Crippen molar-refractivity contribution in [3.63, 3.8) is 0 Å². The van der Waals surface area contributed by atoms with Crippen LogP contribution in [0.2, 0.25) is 0 Å². The van der Waals surface area contributed by atoms with Gasteiger partial charge in [-0.1, -0.05) is 42.5 Å².